The molecule has 0 spiro atoms. The Morgan fingerprint density at radius 2 is 2.24 bits per heavy atom. The largest absolute Gasteiger partial charge is 0.389 e. The van der Waals surface area contributed by atoms with E-state index in [1.54, 1.807) is 0 Å². The summed E-state index contributed by atoms with van der Waals surface area (Å²) in [4.78, 5) is 13.7. The molecule has 94 valence electrons. The summed E-state index contributed by atoms with van der Waals surface area (Å²) >= 11 is 5.39. The van der Waals surface area contributed by atoms with Gasteiger partial charge in [-0.05, 0) is 6.92 Å². The summed E-state index contributed by atoms with van der Waals surface area (Å²) in [5.74, 6) is -0.428. The SMILES string of the molecule is Cc1c(C(O)C(O)CCl)cnc(N)c1[N+](=O)[O-]. The number of hydrogen-bond donors (Lipinski definition) is 3. The molecule has 1 aromatic rings. The predicted octanol–water partition coefficient (Wildman–Crippen LogP) is 0.514. The summed E-state index contributed by atoms with van der Waals surface area (Å²) in [7, 11) is 0. The van der Waals surface area contributed by atoms with Gasteiger partial charge in [0.05, 0.1) is 16.9 Å². The van der Waals surface area contributed by atoms with Crippen molar-refractivity contribution in [1.29, 1.82) is 0 Å². The molecule has 8 heteroatoms. The highest BCUT2D eigenvalue weighted by Crippen LogP contribution is 2.30. The molecule has 0 saturated carbocycles. The second-order valence-corrected chi connectivity index (χ2v) is 3.80. The van der Waals surface area contributed by atoms with Crippen molar-refractivity contribution in [1.82, 2.24) is 4.98 Å². The maximum Gasteiger partial charge on any atom is 0.314 e. The van der Waals surface area contributed by atoms with E-state index in [9.17, 15) is 20.3 Å². The van der Waals surface area contributed by atoms with Crippen LogP contribution in [0.1, 0.15) is 17.2 Å². The minimum Gasteiger partial charge on any atom is -0.389 e. The van der Waals surface area contributed by atoms with Crippen LogP contribution in [0, 0.1) is 17.0 Å². The lowest BCUT2D eigenvalue weighted by Crippen LogP contribution is -2.21. The highest BCUT2D eigenvalue weighted by molar-refractivity contribution is 6.18. The fourth-order valence-electron chi connectivity index (χ4n) is 1.45. The Kier molecular flexibility index (Phi) is 4.22. The maximum absolute atomic E-state index is 10.8. The molecule has 17 heavy (non-hydrogen) atoms. The first-order valence-electron chi connectivity index (χ1n) is 4.71. The van der Waals surface area contributed by atoms with Gasteiger partial charge < -0.3 is 15.9 Å². The fraction of sp³-hybridized carbons (Fsp3) is 0.444. The Bertz CT molecular complexity index is 440. The molecule has 4 N–H and O–H groups in total. The van der Waals surface area contributed by atoms with Gasteiger partial charge in [-0.3, -0.25) is 10.1 Å². The van der Waals surface area contributed by atoms with Crippen LogP contribution in [-0.4, -0.2) is 32.1 Å². The maximum atomic E-state index is 10.8. The van der Waals surface area contributed by atoms with Crippen LogP contribution in [0.4, 0.5) is 11.5 Å². The van der Waals surface area contributed by atoms with E-state index in [0.717, 1.165) is 0 Å². The third-order valence-electron chi connectivity index (χ3n) is 2.40. The molecule has 1 heterocycles. The van der Waals surface area contributed by atoms with Crippen LogP contribution in [0.3, 0.4) is 0 Å². The van der Waals surface area contributed by atoms with Crippen LogP contribution in [0.2, 0.25) is 0 Å². The van der Waals surface area contributed by atoms with E-state index >= 15 is 0 Å². The van der Waals surface area contributed by atoms with Crippen LogP contribution in [0.15, 0.2) is 6.20 Å². The highest BCUT2D eigenvalue weighted by Gasteiger charge is 2.26. The van der Waals surface area contributed by atoms with Crippen LogP contribution in [0.25, 0.3) is 0 Å². The number of nitrogens with two attached hydrogens (primary N) is 1. The number of pyridine rings is 1. The van der Waals surface area contributed by atoms with Crippen molar-refractivity contribution in [3.63, 3.8) is 0 Å². The van der Waals surface area contributed by atoms with E-state index in [2.05, 4.69) is 4.98 Å². The van der Waals surface area contributed by atoms with E-state index < -0.39 is 17.1 Å². The zero-order valence-electron chi connectivity index (χ0n) is 9.00. The second kappa shape index (κ2) is 5.26. The number of anilines is 1. The molecule has 2 atom stereocenters. The first-order valence-corrected chi connectivity index (χ1v) is 5.25. The average molecular weight is 262 g/mol. The first-order chi connectivity index (χ1) is 7.90. The molecule has 0 aliphatic carbocycles. The number of halogens is 1. The van der Waals surface area contributed by atoms with Gasteiger partial charge in [-0.1, -0.05) is 0 Å². The lowest BCUT2D eigenvalue weighted by Gasteiger charge is -2.17. The number of nitrogen functional groups attached to an aromatic ring is 1. The fourth-order valence-corrected chi connectivity index (χ4v) is 1.61. The van der Waals surface area contributed by atoms with Gasteiger partial charge >= 0.3 is 5.69 Å². The van der Waals surface area contributed by atoms with E-state index in [1.807, 2.05) is 0 Å². The minimum atomic E-state index is -1.33. The molecule has 1 rings (SSSR count). The van der Waals surface area contributed by atoms with Gasteiger partial charge in [0, 0.05) is 17.3 Å². The smallest absolute Gasteiger partial charge is 0.314 e. The Morgan fingerprint density at radius 3 is 2.71 bits per heavy atom. The van der Waals surface area contributed by atoms with Crippen molar-refractivity contribution in [3.05, 3.63) is 27.4 Å². The zero-order valence-corrected chi connectivity index (χ0v) is 9.76. The second-order valence-electron chi connectivity index (χ2n) is 3.50. The van der Waals surface area contributed by atoms with Crippen molar-refractivity contribution in [3.8, 4) is 0 Å². The molecule has 0 saturated heterocycles. The lowest BCUT2D eigenvalue weighted by molar-refractivity contribution is -0.384. The van der Waals surface area contributed by atoms with Crippen molar-refractivity contribution in [2.45, 2.75) is 19.1 Å². The third kappa shape index (κ3) is 2.63. The van der Waals surface area contributed by atoms with E-state index in [0.29, 0.717) is 0 Å². The number of hydrogen-bond acceptors (Lipinski definition) is 6. The minimum absolute atomic E-state index is 0.138. The number of aliphatic hydroxyl groups is 2. The molecular formula is C9H12ClN3O4. The molecule has 0 aromatic carbocycles. The molecule has 0 fully saturated rings. The van der Waals surface area contributed by atoms with Gasteiger partial charge in [-0.15, -0.1) is 11.6 Å². The van der Waals surface area contributed by atoms with E-state index in [4.69, 9.17) is 17.3 Å². The molecule has 7 nitrogen and oxygen atoms in total. The van der Waals surface area contributed by atoms with Crippen LogP contribution < -0.4 is 5.73 Å². The normalized spacial score (nSPS) is 14.4. The number of aliphatic hydroxyl groups excluding tert-OH is 2. The Hall–Kier alpha value is -1.44. The molecule has 0 bridgehead atoms. The molecule has 0 radical (unpaired) electrons. The average Bonchev–Trinajstić information content (AvgIpc) is 2.27. The Morgan fingerprint density at radius 1 is 1.65 bits per heavy atom. The van der Waals surface area contributed by atoms with Crippen LogP contribution in [-0.2, 0) is 0 Å². The molecular weight excluding hydrogens is 250 g/mol. The van der Waals surface area contributed by atoms with Crippen molar-refractivity contribution in [2.75, 3.05) is 11.6 Å². The number of nitro groups is 1. The molecule has 0 aliphatic rings. The van der Waals surface area contributed by atoms with Gasteiger partial charge in [0.15, 0.2) is 0 Å². The van der Waals surface area contributed by atoms with Crippen molar-refractivity contribution in [2.24, 2.45) is 0 Å². The number of alkyl halides is 1. The summed E-state index contributed by atoms with van der Waals surface area (Å²) in [6, 6.07) is 0. The van der Waals surface area contributed by atoms with Crippen molar-refractivity contribution >= 4 is 23.1 Å². The summed E-state index contributed by atoms with van der Waals surface area (Å²) in [6.45, 7) is 1.43. The lowest BCUT2D eigenvalue weighted by atomic mass is 10.0. The highest BCUT2D eigenvalue weighted by atomic mass is 35.5. The Labute approximate surface area is 102 Å². The molecule has 0 amide bonds. The van der Waals surface area contributed by atoms with E-state index in [1.165, 1.54) is 13.1 Å². The summed E-state index contributed by atoms with van der Waals surface area (Å²) in [5, 5.41) is 29.9. The number of rotatable bonds is 4. The standard InChI is InChI=1S/C9H12ClN3O4/c1-4-5(8(15)6(14)2-10)3-12-9(11)7(4)13(16)17/h3,6,8,14-15H,2H2,1H3,(H2,11,12). The molecule has 2 unspecified atom stereocenters. The quantitative estimate of drug-likeness (QED) is 0.412. The van der Waals surface area contributed by atoms with Gasteiger partial charge in [0.25, 0.3) is 0 Å². The van der Waals surface area contributed by atoms with Gasteiger partial charge in [-0.2, -0.15) is 0 Å². The predicted molar refractivity (Wildman–Crippen MR) is 61.7 cm³/mol. The summed E-state index contributed by atoms with van der Waals surface area (Å²) in [5.41, 5.74) is 5.31. The zero-order chi connectivity index (χ0) is 13.2. The number of aromatic nitrogens is 1. The van der Waals surface area contributed by atoms with Crippen LogP contribution in [0.5, 0.6) is 0 Å². The van der Waals surface area contributed by atoms with Crippen molar-refractivity contribution < 1.29 is 15.1 Å². The van der Waals surface area contributed by atoms with E-state index in [-0.39, 0.29) is 28.5 Å². The third-order valence-corrected chi connectivity index (χ3v) is 2.71. The monoisotopic (exact) mass is 261 g/mol. The summed E-state index contributed by atoms with van der Waals surface area (Å²) in [6.07, 6.45) is -1.36. The Balaban J connectivity index is 3.28. The van der Waals surface area contributed by atoms with Gasteiger partial charge in [0.1, 0.15) is 6.10 Å². The molecule has 0 aliphatic heterocycles. The molecule has 1 aromatic heterocycles. The number of nitrogens with zero attached hydrogens (tertiary/aromatic N) is 2. The van der Waals surface area contributed by atoms with Gasteiger partial charge in [-0.25, -0.2) is 4.98 Å². The topological polar surface area (TPSA) is 123 Å². The van der Waals surface area contributed by atoms with Gasteiger partial charge in [0.2, 0.25) is 5.82 Å². The van der Waals surface area contributed by atoms with Crippen LogP contribution >= 0.6 is 11.6 Å². The first kappa shape index (κ1) is 13.6. The summed E-state index contributed by atoms with van der Waals surface area (Å²) < 4.78 is 0.